The van der Waals surface area contributed by atoms with Crippen LogP contribution in [0, 0.1) is 0 Å². The van der Waals surface area contributed by atoms with E-state index < -0.39 is 12.1 Å². The summed E-state index contributed by atoms with van der Waals surface area (Å²) in [5.41, 5.74) is 1.18. The van der Waals surface area contributed by atoms with Crippen molar-refractivity contribution in [3.63, 3.8) is 0 Å². The Balaban J connectivity index is 1.25. The Morgan fingerprint density at radius 1 is 1.06 bits per heavy atom. The molecule has 0 bridgehead atoms. The van der Waals surface area contributed by atoms with Crippen molar-refractivity contribution in [3.05, 3.63) is 64.1 Å². The first kappa shape index (κ1) is 23.1. The fraction of sp³-hybridized carbons (Fsp3) is 0.333. The second-order valence-corrected chi connectivity index (χ2v) is 8.90. The Morgan fingerprint density at radius 3 is 2.48 bits per heavy atom. The number of nitrogens with one attached hydrogen (secondary N) is 1. The number of nitrogens with zero attached hydrogens (tertiary/aromatic N) is 1. The Kier molecular flexibility index (Phi) is 7.20. The van der Waals surface area contributed by atoms with Gasteiger partial charge in [-0.1, -0.05) is 28.1 Å². The molecule has 4 rings (SSSR count). The lowest BCUT2D eigenvalue weighted by molar-refractivity contribution is -0.158. The molecule has 2 fully saturated rings. The van der Waals surface area contributed by atoms with E-state index in [9.17, 15) is 19.2 Å². The van der Waals surface area contributed by atoms with Crippen LogP contribution >= 0.6 is 15.9 Å². The summed E-state index contributed by atoms with van der Waals surface area (Å²) in [7, 11) is 0. The number of Topliss-reactive ketones (excluding diaryl/α,β-unsaturated/α-hetero) is 1. The number of amides is 2. The average molecular weight is 515 g/mol. The van der Waals surface area contributed by atoms with Gasteiger partial charge in [-0.15, -0.1) is 0 Å². The molecular formula is C24H23BrN2O6. The minimum absolute atomic E-state index is 0.0655. The molecule has 2 atom stereocenters. The van der Waals surface area contributed by atoms with Crippen molar-refractivity contribution in [2.24, 2.45) is 0 Å². The highest BCUT2D eigenvalue weighted by Gasteiger charge is 2.39. The van der Waals surface area contributed by atoms with Crippen LogP contribution in [0.5, 0.6) is 0 Å². The van der Waals surface area contributed by atoms with E-state index in [2.05, 4.69) is 21.2 Å². The van der Waals surface area contributed by atoms with Gasteiger partial charge in [-0.05, 0) is 49.2 Å². The number of hydrogen-bond acceptors (Lipinski definition) is 6. The van der Waals surface area contributed by atoms with Gasteiger partial charge in [-0.2, -0.15) is 0 Å². The van der Waals surface area contributed by atoms with Gasteiger partial charge >= 0.3 is 5.97 Å². The van der Waals surface area contributed by atoms with Crippen molar-refractivity contribution in [2.75, 3.05) is 25.1 Å². The molecule has 0 radical (unpaired) electrons. The lowest BCUT2D eigenvalue weighted by Gasteiger charge is -2.34. The van der Waals surface area contributed by atoms with Crippen molar-refractivity contribution < 1.29 is 28.7 Å². The Labute approximate surface area is 199 Å². The summed E-state index contributed by atoms with van der Waals surface area (Å²) in [5.74, 6) is -1.42. The molecule has 1 N–H and O–H groups in total. The smallest absolute Gasteiger partial charge is 0.338 e. The highest BCUT2D eigenvalue weighted by atomic mass is 79.9. The number of morpholine rings is 1. The maximum Gasteiger partial charge on any atom is 0.338 e. The molecule has 2 saturated heterocycles. The SMILES string of the molecule is O=C(CC1OCC2CCCN2C1=O)Nc1ccc(C(=O)OCC(=O)c2ccc(Br)cc2)cc1. The van der Waals surface area contributed by atoms with Crippen LogP contribution in [-0.4, -0.2) is 60.4 Å². The maximum atomic E-state index is 12.5. The van der Waals surface area contributed by atoms with Crippen LogP contribution in [0.3, 0.4) is 0 Å². The van der Waals surface area contributed by atoms with E-state index in [1.54, 1.807) is 36.4 Å². The molecule has 2 aromatic carbocycles. The first-order chi connectivity index (χ1) is 15.9. The normalized spacial score (nSPS) is 19.7. The van der Waals surface area contributed by atoms with Gasteiger partial charge in [0, 0.05) is 22.3 Å². The summed E-state index contributed by atoms with van der Waals surface area (Å²) < 4.78 is 11.5. The van der Waals surface area contributed by atoms with Crippen molar-refractivity contribution >= 4 is 45.2 Å². The number of ether oxygens (including phenoxy) is 2. The lowest BCUT2D eigenvalue weighted by Crippen LogP contribution is -2.51. The van der Waals surface area contributed by atoms with Gasteiger partial charge in [0.05, 0.1) is 24.6 Å². The van der Waals surface area contributed by atoms with Gasteiger partial charge in [0.1, 0.15) is 6.10 Å². The van der Waals surface area contributed by atoms with E-state index in [0.29, 0.717) is 17.9 Å². The van der Waals surface area contributed by atoms with Gasteiger partial charge in [0.15, 0.2) is 12.4 Å². The Bertz CT molecular complexity index is 1050. The zero-order valence-corrected chi connectivity index (χ0v) is 19.4. The van der Waals surface area contributed by atoms with Crippen LogP contribution in [0.25, 0.3) is 0 Å². The molecule has 2 amide bonds. The number of halogens is 1. The number of anilines is 1. The van der Waals surface area contributed by atoms with Gasteiger partial charge in [-0.3, -0.25) is 14.4 Å². The molecule has 8 nitrogen and oxygen atoms in total. The lowest BCUT2D eigenvalue weighted by atomic mass is 10.1. The number of esters is 1. The number of carbonyl (C=O) groups is 4. The predicted molar refractivity (Wildman–Crippen MR) is 123 cm³/mol. The van der Waals surface area contributed by atoms with Crippen LogP contribution in [-0.2, 0) is 19.1 Å². The monoisotopic (exact) mass is 514 g/mol. The fourth-order valence-electron chi connectivity index (χ4n) is 3.93. The van der Waals surface area contributed by atoms with Gasteiger partial charge < -0.3 is 19.7 Å². The highest BCUT2D eigenvalue weighted by molar-refractivity contribution is 9.10. The summed E-state index contributed by atoms with van der Waals surface area (Å²) in [6.45, 7) is 0.814. The van der Waals surface area contributed by atoms with Crippen LogP contribution in [0.15, 0.2) is 53.0 Å². The molecule has 2 aliphatic rings. The van der Waals surface area contributed by atoms with E-state index in [4.69, 9.17) is 9.47 Å². The third kappa shape index (κ3) is 5.66. The first-order valence-electron chi connectivity index (χ1n) is 10.7. The van der Waals surface area contributed by atoms with E-state index in [-0.39, 0.29) is 42.2 Å². The van der Waals surface area contributed by atoms with Crippen molar-refractivity contribution in [1.82, 2.24) is 4.90 Å². The number of fused-ring (bicyclic) bond motifs is 1. The largest absolute Gasteiger partial charge is 0.454 e. The Hall–Kier alpha value is -3.04. The molecule has 2 unspecified atom stereocenters. The average Bonchev–Trinajstić information content (AvgIpc) is 3.30. The molecular weight excluding hydrogens is 492 g/mol. The fourth-order valence-corrected chi connectivity index (χ4v) is 4.20. The summed E-state index contributed by atoms with van der Waals surface area (Å²) in [5, 5.41) is 2.71. The third-order valence-corrected chi connectivity index (χ3v) is 6.23. The molecule has 0 aliphatic carbocycles. The zero-order valence-electron chi connectivity index (χ0n) is 17.8. The molecule has 0 aromatic heterocycles. The molecule has 0 spiro atoms. The van der Waals surface area contributed by atoms with E-state index in [1.807, 2.05) is 4.90 Å². The molecule has 172 valence electrons. The second kappa shape index (κ2) is 10.3. The maximum absolute atomic E-state index is 12.5. The molecule has 2 heterocycles. The van der Waals surface area contributed by atoms with Crippen molar-refractivity contribution in [1.29, 1.82) is 0 Å². The number of ketones is 1. The molecule has 9 heteroatoms. The minimum Gasteiger partial charge on any atom is -0.454 e. The van der Waals surface area contributed by atoms with E-state index in [1.165, 1.54) is 12.1 Å². The standard InChI is InChI=1S/C24H23BrN2O6/c25-17-7-3-15(4-8-17)20(28)14-33-24(31)16-5-9-18(10-6-16)26-22(29)12-21-23(30)27-11-1-2-19(27)13-32-21/h3-10,19,21H,1-2,11-14H2,(H,26,29). The topological polar surface area (TPSA) is 102 Å². The summed E-state index contributed by atoms with van der Waals surface area (Å²) in [6.07, 6.45) is 1.07. The van der Waals surface area contributed by atoms with Crippen molar-refractivity contribution in [3.8, 4) is 0 Å². The summed E-state index contributed by atoms with van der Waals surface area (Å²) >= 11 is 3.30. The van der Waals surface area contributed by atoms with E-state index >= 15 is 0 Å². The second-order valence-electron chi connectivity index (χ2n) is 7.99. The van der Waals surface area contributed by atoms with E-state index in [0.717, 1.165) is 23.9 Å². The van der Waals surface area contributed by atoms with Gasteiger partial charge in [-0.25, -0.2) is 4.79 Å². The van der Waals surface area contributed by atoms with Gasteiger partial charge in [0.2, 0.25) is 5.91 Å². The first-order valence-corrected chi connectivity index (χ1v) is 11.5. The predicted octanol–water partition coefficient (Wildman–Crippen LogP) is 3.21. The summed E-state index contributed by atoms with van der Waals surface area (Å²) in [6, 6.07) is 13.0. The zero-order chi connectivity index (χ0) is 23.4. The van der Waals surface area contributed by atoms with Crippen molar-refractivity contribution in [2.45, 2.75) is 31.4 Å². The van der Waals surface area contributed by atoms with Crippen LogP contribution in [0.2, 0.25) is 0 Å². The van der Waals surface area contributed by atoms with Crippen LogP contribution < -0.4 is 5.32 Å². The minimum atomic E-state index is -0.767. The quantitative estimate of drug-likeness (QED) is 0.449. The Morgan fingerprint density at radius 2 is 1.76 bits per heavy atom. The number of carbonyl (C=O) groups excluding carboxylic acids is 4. The molecule has 2 aliphatic heterocycles. The molecule has 33 heavy (non-hydrogen) atoms. The summed E-state index contributed by atoms with van der Waals surface area (Å²) in [4.78, 5) is 51.0. The number of benzene rings is 2. The highest BCUT2D eigenvalue weighted by Crippen LogP contribution is 2.25. The third-order valence-electron chi connectivity index (χ3n) is 5.70. The number of rotatable bonds is 7. The van der Waals surface area contributed by atoms with Gasteiger partial charge in [0.25, 0.3) is 5.91 Å². The molecule has 0 saturated carbocycles. The molecule has 2 aromatic rings. The van der Waals surface area contributed by atoms with Crippen LogP contribution in [0.4, 0.5) is 5.69 Å². The number of hydrogen-bond donors (Lipinski definition) is 1. The van der Waals surface area contributed by atoms with Crippen LogP contribution in [0.1, 0.15) is 40.0 Å².